The molecule has 2 saturated heterocycles. The number of sulfonamides is 1. The van der Waals surface area contributed by atoms with E-state index in [-0.39, 0.29) is 11.8 Å². The lowest BCUT2D eigenvalue weighted by atomic mass is 9.97. The molecule has 25 heavy (non-hydrogen) atoms. The van der Waals surface area contributed by atoms with Crippen molar-refractivity contribution in [1.29, 1.82) is 0 Å². The number of ether oxygens (including phenoxy) is 1. The summed E-state index contributed by atoms with van der Waals surface area (Å²) in [7, 11) is -1.97. The SMILES string of the molecule is COc1ccc(S(=O)(=O)N2CCC(C(=O)N3CCCC3)CC2)c(C)c1. The molecule has 3 rings (SSSR count). The Morgan fingerprint density at radius 2 is 1.76 bits per heavy atom. The van der Waals surface area contributed by atoms with Gasteiger partial charge in [-0.1, -0.05) is 0 Å². The zero-order valence-corrected chi connectivity index (χ0v) is 15.7. The Balaban J connectivity index is 1.68. The molecule has 0 spiro atoms. The normalized spacial score (nSPS) is 20.0. The van der Waals surface area contributed by atoms with E-state index in [1.165, 1.54) is 4.31 Å². The fourth-order valence-electron chi connectivity index (χ4n) is 3.72. The van der Waals surface area contributed by atoms with Crippen molar-refractivity contribution >= 4 is 15.9 Å². The number of amides is 1. The minimum Gasteiger partial charge on any atom is -0.497 e. The van der Waals surface area contributed by atoms with Gasteiger partial charge in [0.25, 0.3) is 0 Å². The average molecular weight is 366 g/mol. The Morgan fingerprint density at radius 3 is 2.32 bits per heavy atom. The number of benzene rings is 1. The standard InChI is InChI=1S/C18H26N2O4S/c1-14-13-16(24-2)5-6-17(14)25(22,23)20-11-7-15(8-12-20)18(21)19-9-3-4-10-19/h5-6,13,15H,3-4,7-12H2,1-2H3. The predicted octanol–water partition coefficient (Wildman–Crippen LogP) is 2.03. The molecular formula is C18H26N2O4S. The molecule has 2 aliphatic heterocycles. The van der Waals surface area contributed by atoms with Gasteiger partial charge in [-0.05, 0) is 56.4 Å². The van der Waals surface area contributed by atoms with Crippen molar-refractivity contribution in [3.8, 4) is 5.75 Å². The van der Waals surface area contributed by atoms with Crippen LogP contribution >= 0.6 is 0 Å². The topological polar surface area (TPSA) is 66.9 Å². The molecule has 6 nitrogen and oxygen atoms in total. The van der Waals surface area contributed by atoms with E-state index < -0.39 is 10.0 Å². The zero-order chi connectivity index (χ0) is 18.0. The Bertz CT molecular complexity index is 733. The molecule has 0 saturated carbocycles. The van der Waals surface area contributed by atoms with Crippen LogP contribution in [0.2, 0.25) is 0 Å². The number of hydrogen-bond donors (Lipinski definition) is 0. The van der Waals surface area contributed by atoms with Crippen molar-refractivity contribution in [2.75, 3.05) is 33.3 Å². The second-order valence-corrected chi connectivity index (χ2v) is 8.75. The van der Waals surface area contributed by atoms with E-state index in [9.17, 15) is 13.2 Å². The lowest BCUT2D eigenvalue weighted by Gasteiger charge is -2.32. The summed E-state index contributed by atoms with van der Waals surface area (Å²) in [6.07, 6.45) is 3.36. The van der Waals surface area contributed by atoms with Gasteiger partial charge in [0, 0.05) is 32.1 Å². The molecule has 138 valence electrons. The number of carbonyl (C=O) groups is 1. The third kappa shape index (κ3) is 3.67. The molecule has 0 aromatic heterocycles. The average Bonchev–Trinajstić information content (AvgIpc) is 3.15. The molecule has 0 unspecified atom stereocenters. The predicted molar refractivity (Wildman–Crippen MR) is 95.0 cm³/mol. The van der Waals surface area contributed by atoms with E-state index in [2.05, 4.69) is 0 Å². The third-order valence-corrected chi connectivity index (χ3v) is 7.28. The number of methoxy groups -OCH3 is 1. The van der Waals surface area contributed by atoms with Gasteiger partial charge < -0.3 is 9.64 Å². The summed E-state index contributed by atoms with van der Waals surface area (Å²) >= 11 is 0. The number of hydrogen-bond acceptors (Lipinski definition) is 4. The Labute approximate surface area is 149 Å². The van der Waals surface area contributed by atoms with Crippen LogP contribution in [0.3, 0.4) is 0 Å². The quantitative estimate of drug-likeness (QED) is 0.818. The van der Waals surface area contributed by atoms with Crippen LogP contribution < -0.4 is 4.74 Å². The molecule has 0 atom stereocenters. The highest BCUT2D eigenvalue weighted by atomic mass is 32.2. The molecule has 1 amide bonds. The smallest absolute Gasteiger partial charge is 0.243 e. The molecule has 0 N–H and O–H groups in total. The third-order valence-electron chi connectivity index (χ3n) is 5.22. The van der Waals surface area contributed by atoms with Crippen LogP contribution in [0.15, 0.2) is 23.1 Å². The molecule has 2 heterocycles. The second-order valence-electron chi connectivity index (χ2n) is 6.84. The van der Waals surface area contributed by atoms with E-state index >= 15 is 0 Å². The van der Waals surface area contributed by atoms with E-state index in [1.807, 2.05) is 4.90 Å². The molecular weight excluding hydrogens is 340 g/mol. The zero-order valence-electron chi connectivity index (χ0n) is 14.9. The first-order valence-electron chi connectivity index (χ1n) is 8.87. The molecule has 1 aromatic rings. The first-order valence-corrected chi connectivity index (χ1v) is 10.3. The summed E-state index contributed by atoms with van der Waals surface area (Å²) in [4.78, 5) is 14.7. The van der Waals surface area contributed by atoms with Gasteiger partial charge in [0.2, 0.25) is 15.9 Å². The van der Waals surface area contributed by atoms with Crippen molar-refractivity contribution in [3.63, 3.8) is 0 Å². The van der Waals surface area contributed by atoms with Crippen LogP contribution in [0.25, 0.3) is 0 Å². The summed E-state index contributed by atoms with van der Waals surface area (Å²) in [5, 5.41) is 0. The highest BCUT2D eigenvalue weighted by molar-refractivity contribution is 7.89. The van der Waals surface area contributed by atoms with Gasteiger partial charge in [0.15, 0.2) is 0 Å². The monoisotopic (exact) mass is 366 g/mol. The molecule has 2 fully saturated rings. The van der Waals surface area contributed by atoms with Crippen LogP contribution in [-0.2, 0) is 14.8 Å². The summed E-state index contributed by atoms with van der Waals surface area (Å²) in [5.74, 6) is 0.808. The fraction of sp³-hybridized carbons (Fsp3) is 0.611. The van der Waals surface area contributed by atoms with E-state index in [0.29, 0.717) is 42.1 Å². The fourth-order valence-corrected chi connectivity index (χ4v) is 5.39. The Hall–Kier alpha value is -1.60. The van der Waals surface area contributed by atoms with Crippen molar-refractivity contribution in [3.05, 3.63) is 23.8 Å². The summed E-state index contributed by atoms with van der Waals surface area (Å²) < 4.78 is 32.5. The van der Waals surface area contributed by atoms with Gasteiger partial charge >= 0.3 is 0 Å². The molecule has 7 heteroatoms. The summed E-state index contributed by atoms with van der Waals surface area (Å²) in [6.45, 7) is 4.28. The largest absolute Gasteiger partial charge is 0.497 e. The molecule has 2 aliphatic rings. The summed E-state index contributed by atoms with van der Waals surface area (Å²) in [6, 6.07) is 5.00. The maximum Gasteiger partial charge on any atom is 0.243 e. The first-order chi connectivity index (χ1) is 11.9. The van der Waals surface area contributed by atoms with E-state index in [1.54, 1.807) is 32.2 Å². The number of carbonyl (C=O) groups excluding carboxylic acids is 1. The van der Waals surface area contributed by atoms with Crippen molar-refractivity contribution in [2.24, 2.45) is 5.92 Å². The maximum atomic E-state index is 12.9. The van der Waals surface area contributed by atoms with Gasteiger partial charge in [0.05, 0.1) is 12.0 Å². The van der Waals surface area contributed by atoms with Gasteiger partial charge in [-0.3, -0.25) is 4.79 Å². The van der Waals surface area contributed by atoms with Crippen LogP contribution in [0.1, 0.15) is 31.2 Å². The Morgan fingerprint density at radius 1 is 1.12 bits per heavy atom. The first kappa shape index (κ1) is 18.2. The minimum absolute atomic E-state index is 0.0403. The number of nitrogens with zero attached hydrogens (tertiary/aromatic N) is 2. The molecule has 0 aliphatic carbocycles. The van der Waals surface area contributed by atoms with Gasteiger partial charge in [0.1, 0.15) is 5.75 Å². The maximum absolute atomic E-state index is 12.9. The van der Waals surface area contributed by atoms with Crippen LogP contribution in [0.5, 0.6) is 5.75 Å². The van der Waals surface area contributed by atoms with Gasteiger partial charge in [-0.15, -0.1) is 0 Å². The highest BCUT2D eigenvalue weighted by Gasteiger charge is 2.34. The molecule has 0 bridgehead atoms. The van der Waals surface area contributed by atoms with Crippen molar-refractivity contribution in [1.82, 2.24) is 9.21 Å². The number of piperidine rings is 1. The highest BCUT2D eigenvalue weighted by Crippen LogP contribution is 2.29. The van der Waals surface area contributed by atoms with Gasteiger partial charge in [-0.2, -0.15) is 4.31 Å². The number of likely N-dealkylation sites (tertiary alicyclic amines) is 1. The van der Waals surface area contributed by atoms with E-state index in [4.69, 9.17) is 4.74 Å². The van der Waals surface area contributed by atoms with E-state index in [0.717, 1.165) is 25.9 Å². The second kappa shape index (κ2) is 7.33. The van der Waals surface area contributed by atoms with Crippen molar-refractivity contribution in [2.45, 2.75) is 37.5 Å². The van der Waals surface area contributed by atoms with Crippen molar-refractivity contribution < 1.29 is 17.9 Å². The number of aryl methyl sites for hydroxylation is 1. The minimum atomic E-state index is -3.53. The number of rotatable bonds is 4. The summed E-state index contributed by atoms with van der Waals surface area (Å²) in [5.41, 5.74) is 0.676. The van der Waals surface area contributed by atoms with Crippen LogP contribution in [0.4, 0.5) is 0 Å². The van der Waals surface area contributed by atoms with Gasteiger partial charge in [-0.25, -0.2) is 8.42 Å². The van der Waals surface area contributed by atoms with Crippen LogP contribution in [0, 0.1) is 12.8 Å². The molecule has 0 radical (unpaired) electrons. The van der Waals surface area contributed by atoms with Crippen LogP contribution in [-0.4, -0.2) is 56.8 Å². The molecule has 1 aromatic carbocycles. The Kier molecular flexibility index (Phi) is 5.34. The lowest BCUT2D eigenvalue weighted by molar-refractivity contribution is -0.135. The lowest BCUT2D eigenvalue weighted by Crippen LogP contribution is -2.43.